The summed E-state index contributed by atoms with van der Waals surface area (Å²) >= 11 is 1.83. The van der Waals surface area contributed by atoms with Crippen molar-refractivity contribution in [2.24, 2.45) is 4.99 Å². The highest BCUT2D eigenvalue weighted by Gasteiger charge is 2.15. The molecule has 1 saturated carbocycles. The standard InChI is InChI=1S/C16H30N4OS/c1-4-11-22-12-10-17-16(18-13-15(21)20(2)3)19-14-8-6-5-7-9-14/h4,14H,1,5-13H2,2-3H3,(H2,17,18,19). The van der Waals surface area contributed by atoms with E-state index in [4.69, 9.17) is 0 Å². The molecule has 6 heteroatoms. The summed E-state index contributed by atoms with van der Waals surface area (Å²) < 4.78 is 0. The fourth-order valence-corrected chi connectivity index (χ4v) is 2.87. The van der Waals surface area contributed by atoms with Gasteiger partial charge in [0.05, 0.1) is 0 Å². The lowest BCUT2D eigenvalue weighted by Gasteiger charge is -2.25. The molecular formula is C16H30N4OS. The van der Waals surface area contributed by atoms with Crippen LogP contribution in [0.4, 0.5) is 0 Å². The molecule has 1 aliphatic carbocycles. The first-order valence-electron chi connectivity index (χ1n) is 8.07. The second kappa shape index (κ2) is 11.4. The normalized spacial score (nSPS) is 16.2. The van der Waals surface area contributed by atoms with Gasteiger partial charge in [-0.25, -0.2) is 4.99 Å². The van der Waals surface area contributed by atoms with E-state index >= 15 is 0 Å². The van der Waals surface area contributed by atoms with Gasteiger partial charge in [-0.05, 0) is 12.8 Å². The Balaban J connectivity index is 2.45. The molecule has 5 nitrogen and oxygen atoms in total. The van der Waals surface area contributed by atoms with Crippen LogP contribution in [0.2, 0.25) is 0 Å². The van der Waals surface area contributed by atoms with Crippen LogP contribution in [0.25, 0.3) is 0 Å². The molecule has 0 heterocycles. The monoisotopic (exact) mass is 326 g/mol. The number of thioether (sulfide) groups is 1. The van der Waals surface area contributed by atoms with Crippen molar-refractivity contribution in [3.05, 3.63) is 12.7 Å². The molecule has 22 heavy (non-hydrogen) atoms. The number of hydrogen-bond acceptors (Lipinski definition) is 3. The molecule has 0 atom stereocenters. The number of amides is 1. The predicted octanol–water partition coefficient (Wildman–Crippen LogP) is 1.86. The molecule has 0 aromatic carbocycles. The molecule has 0 radical (unpaired) electrons. The fraction of sp³-hybridized carbons (Fsp3) is 0.750. The maximum Gasteiger partial charge on any atom is 0.243 e. The number of nitrogens with zero attached hydrogens (tertiary/aromatic N) is 2. The molecule has 1 fully saturated rings. The number of aliphatic imine (C=N–C) groups is 1. The average molecular weight is 327 g/mol. The Morgan fingerprint density at radius 2 is 2.09 bits per heavy atom. The highest BCUT2D eigenvalue weighted by molar-refractivity contribution is 7.99. The number of likely N-dealkylation sites (N-methyl/N-ethyl adjacent to an activating group) is 1. The van der Waals surface area contributed by atoms with Crippen LogP contribution in [0, 0.1) is 0 Å². The molecule has 0 aromatic rings. The molecular weight excluding hydrogens is 296 g/mol. The molecule has 0 unspecified atom stereocenters. The zero-order chi connectivity index (χ0) is 16.2. The Hall–Kier alpha value is -1.17. The largest absolute Gasteiger partial charge is 0.356 e. The van der Waals surface area contributed by atoms with Crippen LogP contribution in [0.3, 0.4) is 0 Å². The number of guanidine groups is 1. The maximum absolute atomic E-state index is 11.7. The highest BCUT2D eigenvalue weighted by atomic mass is 32.2. The molecule has 1 rings (SSSR count). The first kappa shape index (κ1) is 18.9. The van der Waals surface area contributed by atoms with Gasteiger partial charge in [-0.15, -0.1) is 6.58 Å². The van der Waals surface area contributed by atoms with Crippen LogP contribution in [0.15, 0.2) is 17.6 Å². The van der Waals surface area contributed by atoms with Gasteiger partial charge in [0.2, 0.25) is 5.91 Å². The van der Waals surface area contributed by atoms with Gasteiger partial charge < -0.3 is 15.5 Å². The van der Waals surface area contributed by atoms with Crippen LogP contribution in [-0.2, 0) is 4.79 Å². The van der Waals surface area contributed by atoms with E-state index in [-0.39, 0.29) is 12.5 Å². The molecule has 0 bridgehead atoms. The lowest BCUT2D eigenvalue weighted by molar-refractivity contribution is -0.127. The van der Waals surface area contributed by atoms with E-state index in [2.05, 4.69) is 22.2 Å². The molecule has 0 saturated heterocycles. The molecule has 0 aromatic heterocycles. The number of carbonyl (C=O) groups is 1. The Bertz CT molecular complexity index is 365. The van der Waals surface area contributed by atoms with Crippen molar-refractivity contribution < 1.29 is 4.79 Å². The van der Waals surface area contributed by atoms with Crippen LogP contribution >= 0.6 is 11.8 Å². The van der Waals surface area contributed by atoms with Crippen LogP contribution in [0.5, 0.6) is 0 Å². The Morgan fingerprint density at radius 3 is 2.73 bits per heavy atom. The lowest BCUT2D eigenvalue weighted by Crippen LogP contribution is -2.45. The van der Waals surface area contributed by atoms with Crippen LogP contribution in [-0.4, -0.2) is 61.5 Å². The molecule has 1 aliphatic rings. The Labute approximate surface area is 139 Å². The second-order valence-electron chi connectivity index (χ2n) is 5.72. The third-order valence-electron chi connectivity index (χ3n) is 3.59. The molecule has 0 spiro atoms. The van der Waals surface area contributed by atoms with Crippen molar-refractivity contribution in [3.8, 4) is 0 Å². The molecule has 126 valence electrons. The zero-order valence-corrected chi connectivity index (χ0v) is 14.8. The minimum atomic E-state index is 0.0192. The van der Waals surface area contributed by atoms with Crippen molar-refractivity contribution in [2.75, 3.05) is 38.7 Å². The molecule has 1 amide bonds. The van der Waals surface area contributed by atoms with E-state index < -0.39 is 0 Å². The number of carbonyl (C=O) groups excluding carboxylic acids is 1. The number of nitrogens with one attached hydrogen (secondary N) is 2. The Morgan fingerprint density at radius 1 is 1.36 bits per heavy atom. The van der Waals surface area contributed by atoms with Crippen molar-refractivity contribution in [1.82, 2.24) is 15.5 Å². The fourth-order valence-electron chi connectivity index (χ4n) is 2.29. The summed E-state index contributed by atoms with van der Waals surface area (Å²) in [5, 5.41) is 6.81. The Kier molecular flexibility index (Phi) is 9.79. The van der Waals surface area contributed by atoms with Gasteiger partial charge in [0.25, 0.3) is 0 Å². The summed E-state index contributed by atoms with van der Waals surface area (Å²) in [6.07, 6.45) is 8.17. The minimum absolute atomic E-state index is 0.0192. The zero-order valence-electron chi connectivity index (χ0n) is 13.9. The van der Waals surface area contributed by atoms with E-state index in [1.54, 1.807) is 19.0 Å². The summed E-state index contributed by atoms with van der Waals surface area (Å²) in [7, 11) is 3.51. The van der Waals surface area contributed by atoms with Gasteiger partial charge in [0.15, 0.2) is 5.96 Å². The molecule has 2 N–H and O–H groups in total. The van der Waals surface area contributed by atoms with Gasteiger partial charge >= 0.3 is 0 Å². The first-order chi connectivity index (χ1) is 10.6. The van der Waals surface area contributed by atoms with Gasteiger partial charge in [-0.1, -0.05) is 25.3 Å². The van der Waals surface area contributed by atoms with Crippen molar-refractivity contribution >= 4 is 23.6 Å². The van der Waals surface area contributed by atoms with E-state index in [0.29, 0.717) is 6.04 Å². The van der Waals surface area contributed by atoms with E-state index in [0.717, 1.165) is 24.0 Å². The second-order valence-corrected chi connectivity index (χ2v) is 6.87. The van der Waals surface area contributed by atoms with Gasteiger partial charge in [0.1, 0.15) is 6.54 Å². The van der Waals surface area contributed by atoms with Gasteiger partial charge in [-0.2, -0.15) is 11.8 Å². The predicted molar refractivity (Wildman–Crippen MR) is 96.5 cm³/mol. The van der Waals surface area contributed by atoms with Crippen molar-refractivity contribution in [3.63, 3.8) is 0 Å². The van der Waals surface area contributed by atoms with Crippen LogP contribution in [0.1, 0.15) is 32.1 Å². The lowest BCUT2D eigenvalue weighted by atomic mass is 9.96. The summed E-state index contributed by atoms with van der Waals surface area (Å²) in [6, 6.07) is 0.482. The number of hydrogen-bond donors (Lipinski definition) is 2. The van der Waals surface area contributed by atoms with Crippen molar-refractivity contribution in [1.29, 1.82) is 0 Å². The smallest absolute Gasteiger partial charge is 0.243 e. The van der Waals surface area contributed by atoms with E-state index in [1.807, 2.05) is 17.8 Å². The number of rotatable bonds is 8. The van der Waals surface area contributed by atoms with Crippen LogP contribution < -0.4 is 10.6 Å². The summed E-state index contributed by atoms with van der Waals surface area (Å²) in [4.78, 5) is 17.7. The third-order valence-corrected chi connectivity index (χ3v) is 4.56. The minimum Gasteiger partial charge on any atom is -0.356 e. The van der Waals surface area contributed by atoms with E-state index in [9.17, 15) is 4.79 Å². The summed E-state index contributed by atoms with van der Waals surface area (Å²) in [5.41, 5.74) is 0. The third kappa shape index (κ3) is 8.32. The van der Waals surface area contributed by atoms with Gasteiger partial charge in [0, 0.05) is 38.2 Å². The SMILES string of the molecule is C=CCSCCNC(=NCC(=O)N(C)C)NC1CCCCC1. The summed E-state index contributed by atoms with van der Waals surface area (Å²) in [6.45, 7) is 4.75. The van der Waals surface area contributed by atoms with Gasteiger partial charge in [-0.3, -0.25) is 4.79 Å². The first-order valence-corrected chi connectivity index (χ1v) is 9.22. The maximum atomic E-state index is 11.7. The quantitative estimate of drug-likeness (QED) is 0.309. The molecule has 0 aliphatic heterocycles. The average Bonchev–Trinajstić information content (AvgIpc) is 2.52. The summed E-state index contributed by atoms with van der Waals surface area (Å²) in [5.74, 6) is 2.74. The highest BCUT2D eigenvalue weighted by Crippen LogP contribution is 2.17. The topological polar surface area (TPSA) is 56.7 Å². The van der Waals surface area contributed by atoms with E-state index in [1.165, 1.54) is 32.1 Å². The van der Waals surface area contributed by atoms with Crippen molar-refractivity contribution in [2.45, 2.75) is 38.1 Å².